The van der Waals surface area contributed by atoms with Crippen molar-refractivity contribution in [3.05, 3.63) is 29.8 Å². The normalized spacial score (nSPS) is 14.7. The Labute approximate surface area is 91.1 Å². The van der Waals surface area contributed by atoms with Crippen molar-refractivity contribution in [2.75, 3.05) is 13.7 Å². The number of aliphatic hydroxyl groups excluding tert-OH is 1. The highest BCUT2D eigenvalue weighted by Gasteiger charge is 2.12. The van der Waals surface area contributed by atoms with Crippen molar-refractivity contribution in [2.24, 2.45) is 0 Å². The summed E-state index contributed by atoms with van der Waals surface area (Å²) in [6.07, 6.45) is 0. The van der Waals surface area contributed by atoms with Crippen LogP contribution in [-0.2, 0) is 0 Å². The van der Waals surface area contributed by atoms with Gasteiger partial charge in [-0.25, -0.2) is 0 Å². The van der Waals surface area contributed by atoms with Crippen LogP contribution in [-0.4, -0.2) is 24.9 Å². The molecule has 0 bridgehead atoms. The van der Waals surface area contributed by atoms with Crippen LogP contribution in [0.1, 0.15) is 25.5 Å². The number of aliphatic hydroxyl groups is 1. The van der Waals surface area contributed by atoms with Gasteiger partial charge in [0.05, 0.1) is 13.7 Å². The summed E-state index contributed by atoms with van der Waals surface area (Å²) in [7, 11) is 1.67. The Kier molecular flexibility index (Phi) is 4.59. The lowest BCUT2D eigenvalue weighted by atomic mass is 10.1. The maximum Gasteiger partial charge on any atom is 0.123 e. The van der Waals surface area contributed by atoms with E-state index in [1.165, 1.54) is 0 Å². The van der Waals surface area contributed by atoms with E-state index in [0.29, 0.717) is 0 Å². The average molecular weight is 209 g/mol. The van der Waals surface area contributed by atoms with Crippen molar-refractivity contribution in [2.45, 2.75) is 25.9 Å². The van der Waals surface area contributed by atoms with Gasteiger partial charge in [0.1, 0.15) is 5.75 Å². The van der Waals surface area contributed by atoms with E-state index in [2.05, 4.69) is 12.2 Å². The molecule has 0 spiro atoms. The van der Waals surface area contributed by atoms with Crippen molar-refractivity contribution >= 4 is 0 Å². The predicted molar refractivity (Wildman–Crippen MR) is 61.1 cm³/mol. The molecule has 0 aromatic heterocycles. The van der Waals surface area contributed by atoms with Gasteiger partial charge >= 0.3 is 0 Å². The molecule has 0 unspecified atom stereocenters. The van der Waals surface area contributed by atoms with Crippen LogP contribution in [0.5, 0.6) is 5.75 Å². The molecule has 0 aliphatic heterocycles. The largest absolute Gasteiger partial charge is 0.496 e. The highest BCUT2D eigenvalue weighted by Crippen LogP contribution is 2.24. The van der Waals surface area contributed by atoms with Gasteiger partial charge in [0.15, 0.2) is 0 Å². The number of hydrogen-bond acceptors (Lipinski definition) is 3. The first-order valence-corrected chi connectivity index (χ1v) is 5.18. The molecule has 1 aromatic rings. The summed E-state index contributed by atoms with van der Waals surface area (Å²) in [5.74, 6) is 0.877. The molecule has 0 aliphatic rings. The van der Waals surface area contributed by atoms with Gasteiger partial charge in [0.2, 0.25) is 0 Å². The van der Waals surface area contributed by atoms with E-state index in [-0.39, 0.29) is 18.7 Å². The quantitative estimate of drug-likeness (QED) is 0.776. The van der Waals surface area contributed by atoms with E-state index in [4.69, 9.17) is 9.84 Å². The lowest BCUT2D eigenvalue weighted by Crippen LogP contribution is -2.31. The summed E-state index contributed by atoms with van der Waals surface area (Å²) in [6, 6.07) is 8.16. The molecule has 84 valence electrons. The molecule has 0 fully saturated rings. The van der Waals surface area contributed by atoms with Crippen molar-refractivity contribution in [3.8, 4) is 5.75 Å². The lowest BCUT2D eigenvalue weighted by molar-refractivity contribution is 0.242. The molecule has 15 heavy (non-hydrogen) atoms. The minimum absolute atomic E-state index is 0.0879. The molecule has 0 saturated heterocycles. The monoisotopic (exact) mass is 209 g/mol. The van der Waals surface area contributed by atoms with Crippen LogP contribution in [0.2, 0.25) is 0 Å². The summed E-state index contributed by atoms with van der Waals surface area (Å²) >= 11 is 0. The Morgan fingerprint density at radius 3 is 2.60 bits per heavy atom. The van der Waals surface area contributed by atoms with E-state index in [9.17, 15) is 0 Å². The zero-order valence-corrected chi connectivity index (χ0v) is 9.53. The second-order valence-electron chi connectivity index (χ2n) is 3.71. The Hall–Kier alpha value is -1.06. The number of methoxy groups -OCH3 is 1. The first-order valence-electron chi connectivity index (χ1n) is 5.18. The van der Waals surface area contributed by atoms with Crippen molar-refractivity contribution in [1.82, 2.24) is 5.32 Å². The van der Waals surface area contributed by atoms with E-state index >= 15 is 0 Å². The smallest absolute Gasteiger partial charge is 0.123 e. The summed E-state index contributed by atoms with van der Waals surface area (Å²) in [5, 5.41) is 12.3. The van der Waals surface area contributed by atoms with Gasteiger partial charge in [-0.05, 0) is 19.9 Å². The third kappa shape index (κ3) is 3.22. The van der Waals surface area contributed by atoms with E-state index in [0.717, 1.165) is 11.3 Å². The number of hydrogen-bond donors (Lipinski definition) is 2. The molecule has 3 nitrogen and oxygen atoms in total. The van der Waals surface area contributed by atoms with Crippen molar-refractivity contribution in [3.63, 3.8) is 0 Å². The zero-order valence-electron chi connectivity index (χ0n) is 9.53. The van der Waals surface area contributed by atoms with Crippen LogP contribution in [0.4, 0.5) is 0 Å². The van der Waals surface area contributed by atoms with Gasteiger partial charge in [0.25, 0.3) is 0 Å². The minimum Gasteiger partial charge on any atom is -0.496 e. The fourth-order valence-corrected chi connectivity index (χ4v) is 1.59. The fraction of sp³-hybridized carbons (Fsp3) is 0.500. The molecule has 1 rings (SSSR count). The van der Waals surface area contributed by atoms with Crippen molar-refractivity contribution < 1.29 is 9.84 Å². The van der Waals surface area contributed by atoms with Gasteiger partial charge in [-0.2, -0.15) is 0 Å². The van der Waals surface area contributed by atoms with Gasteiger partial charge in [-0.15, -0.1) is 0 Å². The second-order valence-corrected chi connectivity index (χ2v) is 3.71. The Morgan fingerprint density at radius 2 is 2.00 bits per heavy atom. The Bertz CT molecular complexity index is 301. The highest BCUT2D eigenvalue weighted by atomic mass is 16.5. The van der Waals surface area contributed by atoms with Crippen molar-refractivity contribution in [1.29, 1.82) is 0 Å². The molecule has 0 amide bonds. The molecular weight excluding hydrogens is 190 g/mol. The number of ether oxygens (including phenoxy) is 1. The first kappa shape index (κ1) is 12.0. The minimum atomic E-state index is 0.0879. The lowest BCUT2D eigenvalue weighted by Gasteiger charge is -2.20. The Morgan fingerprint density at radius 1 is 1.33 bits per heavy atom. The SMILES string of the molecule is COc1ccccc1[C@H](C)N[C@@H](C)CO. The van der Waals surface area contributed by atoms with Crippen LogP contribution >= 0.6 is 0 Å². The summed E-state index contributed by atoms with van der Waals surface area (Å²) in [5.41, 5.74) is 1.11. The molecule has 0 saturated carbocycles. The van der Waals surface area contributed by atoms with Gasteiger partial charge in [-0.3, -0.25) is 0 Å². The summed E-state index contributed by atoms with van der Waals surface area (Å²) in [6.45, 7) is 4.15. The highest BCUT2D eigenvalue weighted by molar-refractivity contribution is 5.35. The maximum absolute atomic E-state index is 8.96. The van der Waals surface area contributed by atoms with Crippen LogP contribution in [0.25, 0.3) is 0 Å². The van der Waals surface area contributed by atoms with E-state index < -0.39 is 0 Å². The summed E-state index contributed by atoms with van der Waals surface area (Å²) < 4.78 is 5.28. The number of rotatable bonds is 5. The van der Waals surface area contributed by atoms with E-state index in [1.54, 1.807) is 7.11 Å². The van der Waals surface area contributed by atoms with Gasteiger partial charge < -0.3 is 15.2 Å². The van der Waals surface area contributed by atoms with Gasteiger partial charge in [-0.1, -0.05) is 18.2 Å². The third-order valence-electron chi connectivity index (χ3n) is 2.41. The van der Waals surface area contributed by atoms with Crippen LogP contribution in [0.3, 0.4) is 0 Å². The molecule has 2 N–H and O–H groups in total. The van der Waals surface area contributed by atoms with E-state index in [1.807, 2.05) is 31.2 Å². The molecule has 0 radical (unpaired) electrons. The zero-order chi connectivity index (χ0) is 11.3. The molecule has 0 heterocycles. The third-order valence-corrected chi connectivity index (χ3v) is 2.41. The molecule has 3 heteroatoms. The second kappa shape index (κ2) is 5.73. The molecule has 2 atom stereocenters. The topological polar surface area (TPSA) is 41.5 Å². The van der Waals surface area contributed by atoms with Crippen LogP contribution in [0, 0.1) is 0 Å². The number of para-hydroxylation sites is 1. The maximum atomic E-state index is 8.96. The first-order chi connectivity index (χ1) is 7.19. The van der Waals surface area contributed by atoms with Gasteiger partial charge in [0, 0.05) is 17.6 Å². The molecular formula is C12H19NO2. The van der Waals surface area contributed by atoms with Crippen LogP contribution < -0.4 is 10.1 Å². The summed E-state index contributed by atoms with van der Waals surface area (Å²) in [4.78, 5) is 0. The van der Waals surface area contributed by atoms with Crippen LogP contribution in [0.15, 0.2) is 24.3 Å². The predicted octanol–water partition coefficient (Wildman–Crippen LogP) is 1.73. The molecule has 0 aliphatic carbocycles. The average Bonchev–Trinajstić information content (AvgIpc) is 2.28. The fourth-order valence-electron chi connectivity index (χ4n) is 1.59. The number of nitrogens with one attached hydrogen (secondary N) is 1. The Balaban J connectivity index is 2.76. The molecule has 1 aromatic carbocycles. The standard InChI is InChI=1S/C12H19NO2/c1-9(8-14)13-10(2)11-6-4-5-7-12(11)15-3/h4-7,9-10,13-14H,8H2,1-3H3/t9-,10-/m0/s1. The number of benzene rings is 1.